The number of hydrogen-bond acceptors (Lipinski definition) is 9. The molecule has 8 rings (SSSR count). The molecule has 13 nitrogen and oxygen atoms in total. The van der Waals surface area contributed by atoms with E-state index in [0.717, 1.165) is 35.3 Å². The van der Waals surface area contributed by atoms with Crippen molar-refractivity contribution in [2.24, 2.45) is 5.92 Å². The Morgan fingerprint density at radius 2 is 1.79 bits per heavy atom. The molecular weight excluding hydrogens is 831 g/mol. The van der Waals surface area contributed by atoms with Gasteiger partial charge >= 0.3 is 19.7 Å². The number of para-hydroxylation sites is 1. The maximum atomic E-state index is 16.6. The van der Waals surface area contributed by atoms with Gasteiger partial charge < -0.3 is 20.0 Å². The van der Waals surface area contributed by atoms with Crippen LogP contribution in [0.2, 0.25) is 0 Å². The summed E-state index contributed by atoms with van der Waals surface area (Å²) in [6.07, 6.45) is 4.55. The van der Waals surface area contributed by atoms with Crippen molar-refractivity contribution in [3.63, 3.8) is 0 Å². The first-order valence-corrected chi connectivity index (χ1v) is 24.2. The van der Waals surface area contributed by atoms with Crippen LogP contribution in [-0.2, 0) is 18.9 Å². The Bertz CT molecular complexity index is 2410. The van der Waals surface area contributed by atoms with Crippen molar-refractivity contribution < 1.29 is 37.5 Å². The van der Waals surface area contributed by atoms with Gasteiger partial charge in [0, 0.05) is 34.7 Å². The van der Waals surface area contributed by atoms with E-state index < -0.39 is 49.1 Å². The van der Waals surface area contributed by atoms with Crippen LogP contribution in [0, 0.1) is 23.2 Å². The summed E-state index contributed by atoms with van der Waals surface area (Å²) in [5.74, 6) is -3.59. The summed E-state index contributed by atoms with van der Waals surface area (Å²) in [7, 11) is -4.45. The van der Waals surface area contributed by atoms with Crippen LogP contribution in [0.5, 0.6) is 5.75 Å². The molecule has 328 valence electrons. The fraction of sp³-hybridized carbons (Fsp3) is 0.478. The number of carbonyl (C=O) groups excluding carboxylic acids is 3. The Balaban J connectivity index is 0.984. The number of carbonyl (C=O) groups is 3. The monoisotopic (exact) mass is 885 g/mol. The minimum absolute atomic E-state index is 0.0158. The van der Waals surface area contributed by atoms with Crippen molar-refractivity contribution in [3.05, 3.63) is 105 Å². The van der Waals surface area contributed by atoms with Crippen LogP contribution in [0.4, 0.5) is 4.39 Å². The van der Waals surface area contributed by atoms with Gasteiger partial charge in [-0.25, -0.2) is 9.48 Å². The third kappa shape index (κ3) is 8.43. The number of hydrazine groups is 1. The van der Waals surface area contributed by atoms with Crippen LogP contribution < -0.4 is 14.9 Å². The van der Waals surface area contributed by atoms with Crippen LogP contribution in [0.3, 0.4) is 0 Å². The molecule has 0 radical (unpaired) electrons. The summed E-state index contributed by atoms with van der Waals surface area (Å²) >= 11 is 1.18. The van der Waals surface area contributed by atoms with Crippen molar-refractivity contribution >= 4 is 52.4 Å². The first-order valence-electron chi connectivity index (χ1n) is 21.7. The maximum Gasteiger partial charge on any atom is 0.355 e. The number of thiophene rings is 1. The molecule has 4 aliphatic rings. The van der Waals surface area contributed by atoms with Gasteiger partial charge in [-0.2, -0.15) is 0 Å². The average molecular weight is 886 g/mol. The lowest BCUT2D eigenvalue weighted by atomic mass is 9.81. The molecule has 0 bridgehead atoms. The van der Waals surface area contributed by atoms with Crippen LogP contribution in [-0.4, -0.2) is 81.3 Å². The predicted molar refractivity (Wildman–Crippen MR) is 236 cm³/mol. The second kappa shape index (κ2) is 17.7. The van der Waals surface area contributed by atoms with Gasteiger partial charge in [0.1, 0.15) is 28.2 Å². The molecule has 3 N–H and O–H groups in total. The number of benzene rings is 3. The third-order valence-corrected chi connectivity index (χ3v) is 16.2. The van der Waals surface area contributed by atoms with Gasteiger partial charge in [-0.05, 0) is 113 Å². The first kappa shape index (κ1) is 43.7. The van der Waals surface area contributed by atoms with Gasteiger partial charge in [-0.1, -0.05) is 61.0 Å². The van der Waals surface area contributed by atoms with E-state index in [1.807, 2.05) is 25.8 Å². The van der Waals surface area contributed by atoms with Crippen molar-refractivity contribution in [2.45, 2.75) is 121 Å². The van der Waals surface area contributed by atoms with Gasteiger partial charge in [0.25, 0.3) is 11.8 Å². The standard InChI is InChI=1S/C46H54FN6O7PS/c1-5-24-59-45(56)30(4)50-61(58,60-35-11-7-6-8-12-35)42(47)32-18-20-38-33(25-32)26-39(62-38)43(54)49-37-13-9-10-34-19-21-40(52(34)44(37)55)53(57)51-27-36(31-16-14-28(2)15-17-31)41(29(3)48)46(51)22-23-46/h6-8,11-12,14-18,20,25-26,30,34,36-37,40-42,48H,5,9-10,13,19,21-24,27H2,1-4H3,(H-,49,50,54,58)/p+1/t30-,34-,36+,37?,40+,41+,42+,61?/m0/s1. The van der Waals surface area contributed by atoms with Crippen LogP contribution in [0.1, 0.15) is 110 Å². The highest BCUT2D eigenvalue weighted by molar-refractivity contribution is 7.57. The minimum Gasteiger partial charge on any atom is -0.465 e. The molecule has 4 fully saturated rings. The number of hydrogen-bond donors (Lipinski definition) is 3. The smallest absolute Gasteiger partial charge is 0.355 e. The SMILES string of the molecule is CCCOC(=O)[C@H](C)NP(=O)(Oc1ccccc1)[C@@H](F)c1ccc2sc(C(=O)NC3CCC[C@H]4CC[C@@H]([N+](=O)N5C[C@H](c6ccc(C)cc6)[C@@H](C(C)=N)C56CC6)N4C3=O)cc2c1. The van der Waals surface area contributed by atoms with Crippen molar-refractivity contribution in [3.8, 4) is 5.75 Å². The van der Waals surface area contributed by atoms with Crippen LogP contribution >= 0.6 is 18.9 Å². The predicted octanol–water partition coefficient (Wildman–Crippen LogP) is 8.96. The molecule has 2 unspecified atom stereocenters. The Labute approximate surface area is 365 Å². The first-order chi connectivity index (χ1) is 29.7. The number of fused-ring (bicyclic) bond motifs is 2. The van der Waals surface area contributed by atoms with E-state index in [2.05, 4.69) is 34.7 Å². The van der Waals surface area contributed by atoms with Gasteiger partial charge in [-0.15, -0.1) is 16.3 Å². The number of halogens is 1. The topological polar surface area (TPSA) is 161 Å². The zero-order chi connectivity index (χ0) is 43.9. The molecule has 3 saturated heterocycles. The van der Waals surface area contributed by atoms with Crippen molar-refractivity contribution in [1.29, 1.82) is 5.41 Å². The normalized spacial score (nSPS) is 24.8. The number of amides is 2. The highest BCUT2D eigenvalue weighted by Crippen LogP contribution is 2.59. The zero-order valence-corrected chi connectivity index (χ0v) is 37.3. The lowest BCUT2D eigenvalue weighted by Crippen LogP contribution is -2.57. The molecule has 3 aromatic carbocycles. The number of aryl methyl sites for hydroxylation is 1. The number of rotatable bonds is 15. The number of ether oxygens (including phenoxy) is 1. The molecule has 62 heavy (non-hydrogen) atoms. The Morgan fingerprint density at radius 1 is 1.05 bits per heavy atom. The quantitative estimate of drug-likeness (QED) is 0.0458. The van der Waals surface area contributed by atoms with Crippen molar-refractivity contribution in [2.75, 3.05) is 13.2 Å². The van der Waals surface area contributed by atoms with E-state index >= 15 is 4.39 Å². The van der Waals surface area contributed by atoms with Crippen LogP contribution in [0.15, 0.2) is 78.9 Å². The lowest BCUT2D eigenvalue weighted by Gasteiger charge is -2.29. The molecule has 16 heteroatoms. The Kier molecular flexibility index (Phi) is 12.4. The number of alkyl halides is 1. The zero-order valence-electron chi connectivity index (χ0n) is 35.6. The van der Waals surface area contributed by atoms with E-state index in [0.29, 0.717) is 59.3 Å². The molecular formula is C46H55FN6O7PS+. The Hall–Kier alpha value is -4.98. The molecule has 1 aromatic heterocycles. The third-order valence-electron chi connectivity index (χ3n) is 13.0. The average Bonchev–Trinajstić information content (AvgIpc) is 3.61. The number of nitroso groups, excluding NO2 is 1. The highest BCUT2D eigenvalue weighted by atomic mass is 32.1. The Morgan fingerprint density at radius 3 is 2.48 bits per heavy atom. The molecule has 4 aromatic rings. The second-order valence-corrected chi connectivity index (χ2v) is 20.5. The molecule has 1 spiro atoms. The lowest BCUT2D eigenvalue weighted by molar-refractivity contribution is -0.753. The summed E-state index contributed by atoms with van der Waals surface area (Å²) in [6.45, 7) is 7.79. The van der Waals surface area contributed by atoms with E-state index in [1.54, 1.807) is 47.4 Å². The number of nitrogens with one attached hydrogen (secondary N) is 3. The molecule has 1 aliphatic carbocycles. The minimum atomic E-state index is -4.45. The fourth-order valence-electron chi connectivity index (χ4n) is 9.82. The number of nitrogens with zero attached hydrogens (tertiary/aromatic N) is 3. The molecule has 4 heterocycles. The van der Waals surface area contributed by atoms with Gasteiger partial charge in [0.2, 0.25) is 5.91 Å². The second-order valence-electron chi connectivity index (χ2n) is 17.3. The van der Waals surface area contributed by atoms with Gasteiger partial charge in [-0.3, -0.25) is 23.8 Å². The molecule has 2 amide bonds. The largest absolute Gasteiger partial charge is 0.465 e. The van der Waals surface area contributed by atoms with E-state index in [9.17, 15) is 23.9 Å². The van der Waals surface area contributed by atoms with E-state index in [-0.39, 0.29) is 41.7 Å². The molecule has 1 saturated carbocycles. The van der Waals surface area contributed by atoms with E-state index in [4.69, 9.17) is 14.7 Å². The number of esters is 1. The van der Waals surface area contributed by atoms with E-state index in [1.165, 1.54) is 30.4 Å². The molecule has 8 atom stereocenters. The van der Waals surface area contributed by atoms with Crippen molar-refractivity contribution in [1.82, 2.24) is 20.3 Å². The van der Waals surface area contributed by atoms with Gasteiger partial charge in [0.05, 0.1) is 22.9 Å². The summed E-state index contributed by atoms with van der Waals surface area (Å²) in [5.41, 5.74) is 2.40. The maximum absolute atomic E-state index is 16.6. The fourth-order valence-corrected chi connectivity index (χ4v) is 12.7. The summed E-state index contributed by atoms with van der Waals surface area (Å²) < 4.78 is 42.5. The summed E-state index contributed by atoms with van der Waals surface area (Å²) in [4.78, 5) is 58.7. The highest BCUT2D eigenvalue weighted by Gasteiger charge is 2.69. The summed E-state index contributed by atoms with van der Waals surface area (Å²) in [6, 6.07) is 20.6. The molecule has 3 aliphatic heterocycles. The summed E-state index contributed by atoms with van der Waals surface area (Å²) in [5, 5.41) is 16.8. The van der Waals surface area contributed by atoms with Crippen LogP contribution in [0.25, 0.3) is 10.1 Å². The van der Waals surface area contributed by atoms with Gasteiger partial charge in [0.15, 0.2) is 0 Å².